The summed E-state index contributed by atoms with van der Waals surface area (Å²) < 4.78 is 5.84. The average Bonchev–Trinajstić information content (AvgIpc) is 2.41. The van der Waals surface area contributed by atoms with Crippen molar-refractivity contribution in [3.63, 3.8) is 0 Å². The lowest BCUT2D eigenvalue weighted by molar-refractivity contribution is 0.00469. The van der Waals surface area contributed by atoms with Crippen molar-refractivity contribution in [3.8, 4) is 5.88 Å². The third-order valence-corrected chi connectivity index (χ3v) is 3.76. The van der Waals surface area contributed by atoms with Gasteiger partial charge in [-0.15, -0.1) is 0 Å². The van der Waals surface area contributed by atoms with Crippen LogP contribution in [0.25, 0.3) is 10.9 Å². The summed E-state index contributed by atoms with van der Waals surface area (Å²) in [7, 11) is 0. The first-order valence-electron chi connectivity index (χ1n) is 6.94. The molecule has 1 fully saturated rings. The molecule has 1 unspecified atom stereocenters. The normalized spacial score (nSPS) is 23.5. The maximum atomic E-state index is 9.93. The van der Waals surface area contributed by atoms with Crippen LogP contribution in [0, 0.1) is 6.92 Å². The molecule has 3 heteroatoms. The third kappa shape index (κ3) is 2.71. The van der Waals surface area contributed by atoms with E-state index >= 15 is 0 Å². The molecular weight excluding hydrogens is 238 g/mol. The molecule has 0 saturated heterocycles. The van der Waals surface area contributed by atoms with Gasteiger partial charge in [-0.05, 0) is 44.4 Å². The lowest BCUT2D eigenvalue weighted by Crippen LogP contribution is -2.34. The number of aryl methyl sites for hydroxylation is 1. The van der Waals surface area contributed by atoms with E-state index in [2.05, 4.69) is 24.0 Å². The lowest BCUT2D eigenvalue weighted by atomic mass is 9.95. The molecule has 2 atom stereocenters. The molecule has 0 amide bonds. The number of hydrogen-bond acceptors (Lipinski definition) is 3. The first-order chi connectivity index (χ1) is 9.22. The number of fused-ring (bicyclic) bond motifs is 1. The Bertz CT molecular complexity index is 582. The van der Waals surface area contributed by atoms with Gasteiger partial charge in [0.1, 0.15) is 6.10 Å². The Kier molecular flexibility index (Phi) is 3.38. The van der Waals surface area contributed by atoms with Crippen LogP contribution in [0.1, 0.15) is 31.2 Å². The fraction of sp³-hybridized carbons (Fsp3) is 0.438. The molecule has 0 bridgehead atoms. The van der Waals surface area contributed by atoms with Crippen molar-refractivity contribution in [3.05, 3.63) is 35.9 Å². The second-order valence-electron chi connectivity index (χ2n) is 5.35. The molecule has 1 saturated carbocycles. The largest absolute Gasteiger partial charge is 0.472 e. The molecule has 1 N–H and O–H groups in total. The Labute approximate surface area is 113 Å². The zero-order chi connectivity index (χ0) is 13.2. The predicted molar refractivity (Wildman–Crippen MR) is 75.4 cm³/mol. The molecule has 1 aliphatic carbocycles. The molecule has 100 valence electrons. The van der Waals surface area contributed by atoms with Gasteiger partial charge in [0, 0.05) is 11.5 Å². The van der Waals surface area contributed by atoms with Crippen LogP contribution >= 0.6 is 0 Å². The monoisotopic (exact) mass is 257 g/mol. The molecule has 1 aliphatic rings. The average molecular weight is 257 g/mol. The predicted octanol–water partition coefficient (Wildman–Crippen LogP) is 3.23. The number of rotatable bonds is 2. The number of aliphatic hydroxyl groups excluding tert-OH is 1. The number of pyridine rings is 1. The Hall–Kier alpha value is -1.61. The molecular formula is C16H19NO2. The molecule has 2 aromatic rings. The van der Waals surface area contributed by atoms with Gasteiger partial charge in [-0.2, -0.15) is 0 Å². The van der Waals surface area contributed by atoms with E-state index in [-0.39, 0.29) is 12.2 Å². The summed E-state index contributed by atoms with van der Waals surface area (Å²) in [6, 6.07) is 10.1. The number of benzene rings is 1. The minimum Gasteiger partial charge on any atom is -0.472 e. The van der Waals surface area contributed by atoms with E-state index in [1.165, 1.54) is 5.56 Å². The van der Waals surface area contributed by atoms with Gasteiger partial charge in [-0.1, -0.05) is 18.1 Å². The highest BCUT2D eigenvalue weighted by Gasteiger charge is 2.24. The van der Waals surface area contributed by atoms with Crippen LogP contribution in [0.5, 0.6) is 5.88 Å². The maximum absolute atomic E-state index is 9.93. The fourth-order valence-electron chi connectivity index (χ4n) is 2.66. The summed E-state index contributed by atoms with van der Waals surface area (Å²) >= 11 is 0. The minimum atomic E-state index is -0.357. The van der Waals surface area contributed by atoms with Crippen molar-refractivity contribution in [1.29, 1.82) is 0 Å². The van der Waals surface area contributed by atoms with E-state index in [0.29, 0.717) is 5.88 Å². The van der Waals surface area contributed by atoms with Gasteiger partial charge in [-0.3, -0.25) is 0 Å². The van der Waals surface area contributed by atoms with Crippen molar-refractivity contribution in [1.82, 2.24) is 4.98 Å². The van der Waals surface area contributed by atoms with Gasteiger partial charge in [0.25, 0.3) is 0 Å². The van der Waals surface area contributed by atoms with Crippen LogP contribution in [0.4, 0.5) is 0 Å². The van der Waals surface area contributed by atoms with Gasteiger partial charge in [-0.25, -0.2) is 4.98 Å². The summed E-state index contributed by atoms with van der Waals surface area (Å²) in [6.07, 6.45) is 3.49. The SMILES string of the molecule is Cc1ccc2nc(OC3CCCC[C@H]3O)ccc2c1. The quantitative estimate of drug-likeness (QED) is 0.898. The summed E-state index contributed by atoms with van der Waals surface area (Å²) in [6.45, 7) is 2.07. The molecule has 3 rings (SSSR count). The molecule has 3 nitrogen and oxygen atoms in total. The summed E-state index contributed by atoms with van der Waals surface area (Å²) in [4.78, 5) is 4.51. The van der Waals surface area contributed by atoms with E-state index in [9.17, 15) is 5.11 Å². The molecule has 19 heavy (non-hydrogen) atoms. The van der Waals surface area contributed by atoms with E-state index in [0.717, 1.165) is 36.6 Å². The Morgan fingerprint density at radius 1 is 1.16 bits per heavy atom. The van der Waals surface area contributed by atoms with Crippen molar-refractivity contribution in [2.45, 2.75) is 44.8 Å². The van der Waals surface area contributed by atoms with Gasteiger partial charge in [0.2, 0.25) is 5.88 Å². The number of ether oxygens (including phenoxy) is 1. The van der Waals surface area contributed by atoms with Gasteiger partial charge < -0.3 is 9.84 Å². The van der Waals surface area contributed by atoms with Gasteiger partial charge >= 0.3 is 0 Å². The van der Waals surface area contributed by atoms with Crippen LogP contribution in [-0.2, 0) is 0 Å². The molecule has 1 heterocycles. The molecule has 0 spiro atoms. The maximum Gasteiger partial charge on any atom is 0.214 e. The summed E-state index contributed by atoms with van der Waals surface area (Å²) in [5, 5.41) is 11.0. The highest BCUT2D eigenvalue weighted by atomic mass is 16.5. The standard InChI is InChI=1S/C16H19NO2/c1-11-6-8-13-12(10-11)7-9-16(17-13)19-15-5-3-2-4-14(15)18/h6-10,14-15,18H,2-5H2,1H3/t14-,15?/m1/s1. The molecule has 1 aromatic heterocycles. The third-order valence-electron chi connectivity index (χ3n) is 3.76. The second kappa shape index (κ2) is 5.17. The van der Waals surface area contributed by atoms with E-state index in [4.69, 9.17) is 4.74 Å². The summed E-state index contributed by atoms with van der Waals surface area (Å²) in [5.41, 5.74) is 2.17. The number of aliphatic hydroxyl groups is 1. The van der Waals surface area contributed by atoms with Crippen LogP contribution in [0.15, 0.2) is 30.3 Å². The second-order valence-corrected chi connectivity index (χ2v) is 5.35. The Morgan fingerprint density at radius 3 is 2.84 bits per heavy atom. The fourth-order valence-corrected chi connectivity index (χ4v) is 2.66. The first kappa shape index (κ1) is 12.4. The van der Waals surface area contributed by atoms with E-state index < -0.39 is 0 Å². The zero-order valence-corrected chi connectivity index (χ0v) is 11.2. The smallest absolute Gasteiger partial charge is 0.214 e. The highest BCUT2D eigenvalue weighted by molar-refractivity contribution is 5.79. The van der Waals surface area contributed by atoms with E-state index in [1.807, 2.05) is 18.2 Å². The minimum absolute atomic E-state index is 0.107. The number of nitrogens with zero attached hydrogens (tertiary/aromatic N) is 1. The van der Waals surface area contributed by atoms with Crippen LogP contribution in [0.3, 0.4) is 0 Å². The Balaban J connectivity index is 1.83. The zero-order valence-electron chi connectivity index (χ0n) is 11.2. The van der Waals surface area contributed by atoms with Crippen LogP contribution < -0.4 is 4.74 Å². The first-order valence-corrected chi connectivity index (χ1v) is 6.94. The molecule has 0 aliphatic heterocycles. The van der Waals surface area contributed by atoms with Crippen molar-refractivity contribution in [2.75, 3.05) is 0 Å². The highest BCUT2D eigenvalue weighted by Crippen LogP contribution is 2.24. The topological polar surface area (TPSA) is 42.4 Å². The van der Waals surface area contributed by atoms with Gasteiger partial charge in [0.05, 0.1) is 11.6 Å². The van der Waals surface area contributed by atoms with Crippen LogP contribution in [-0.4, -0.2) is 22.3 Å². The Morgan fingerprint density at radius 2 is 2.00 bits per heavy atom. The number of aromatic nitrogens is 1. The summed E-state index contributed by atoms with van der Waals surface area (Å²) in [5.74, 6) is 0.613. The van der Waals surface area contributed by atoms with Crippen molar-refractivity contribution >= 4 is 10.9 Å². The van der Waals surface area contributed by atoms with Gasteiger partial charge in [0.15, 0.2) is 0 Å². The van der Waals surface area contributed by atoms with Crippen LogP contribution in [0.2, 0.25) is 0 Å². The lowest BCUT2D eigenvalue weighted by Gasteiger charge is -2.27. The molecule has 0 radical (unpaired) electrons. The number of hydrogen-bond donors (Lipinski definition) is 1. The van der Waals surface area contributed by atoms with E-state index in [1.54, 1.807) is 0 Å². The molecule has 1 aromatic carbocycles. The van der Waals surface area contributed by atoms with Crippen molar-refractivity contribution in [2.24, 2.45) is 0 Å². The van der Waals surface area contributed by atoms with Crippen molar-refractivity contribution < 1.29 is 9.84 Å².